The Hall–Kier alpha value is -5.12. The number of thiophene rings is 1. The first-order chi connectivity index (χ1) is 20.8. The number of fused-ring (bicyclic) bond motifs is 5. The topological polar surface area (TPSA) is 15.3 Å². The molecule has 2 nitrogen and oxygen atoms in total. The predicted molar refractivity (Wildman–Crippen MR) is 181 cm³/mol. The summed E-state index contributed by atoms with van der Waals surface area (Å²) < 4.78 is 2.65. The third-order valence-electron chi connectivity index (χ3n) is 8.14. The zero-order valence-corrected chi connectivity index (χ0v) is 23.8. The molecule has 2 heterocycles. The van der Waals surface area contributed by atoms with Gasteiger partial charge in [0.2, 0.25) is 0 Å². The average molecular weight is 557 g/mol. The van der Waals surface area contributed by atoms with Crippen LogP contribution in [0.4, 0.5) is 17.1 Å². The number of benzene rings is 6. The molecule has 0 saturated carbocycles. The van der Waals surface area contributed by atoms with E-state index in [1.807, 2.05) is 11.3 Å². The third-order valence-corrected chi connectivity index (χ3v) is 9.34. The fourth-order valence-electron chi connectivity index (χ4n) is 6.06. The summed E-state index contributed by atoms with van der Waals surface area (Å²) in [5, 5.41) is 5.97. The Morgan fingerprint density at radius 2 is 1.14 bits per heavy atom. The summed E-state index contributed by atoms with van der Waals surface area (Å²) >= 11 is 1.89. The van der Waals surface area contributed by atoms with Crippen LogP contribution in [0.2, 0.25) is 0 Å². The van der Waals surface area contributed by atoms with Crippen LogP contribution in [0.5, 0.6) is 0 Å². The van der Waals surface area contributed by atoms with Crippen molar-refractivity contribution in [3.05, 3.63) is 157 Å². The van der Waals surface area contributed by atoms with Gasteiger partial charge in [0.25, 0.3) is 0 Å². The van der Waals surface area contributed by atoms with Crippen LogP contribution in [-0.4, -0.2) is 0 Å². The van der Waals surface area contributed by atoms with Gasteiger partial charge in [0.15, 0.2) is 0 Å². The molecule has 1 aliphatic rings. The zero-order valence-electron chi connectivity index (χ0n) is 23.0. The summed E-state index contributed by atoms with van der Waals surface area (Å²) in [6.07, 6.45) is 4.29. The van der Waals surface area contributed by atoms with Crippen LogP contribution in [0.3, 0.4) is 0 Å². The third kappa shape index (κ3) is 4.27. The molecule has 6 aromatic carbocycles. The Kier molecular flexibility index (Phi) is 6.09. The minimum Gasteiger partial charge on any atom is -0.387 e. The summed E-state index contributed by atoms with van der Waals surface area (Å²) in [5.74, 6) is 0. The summed E-state index contributed by atoms with van der Waals surface area (Å²) in [6.45, 7) is 0.872. The molecule has 0 bridgehead atoms. The van der Waals surface area contributed by atoms with Crippen LogP contribution in [-0.2, 0) is 6.54 Å². The molecule has 0 amide bonds. The highest BCUT2D eigenvalue weighted by molar-refractivity contribution is 7.26. The van der Waals surface area contributed by atoms with Crippen molar-refractivity contribution in [1.29, 1.82) is 0 Å². The summed E-state index contributed by atoms with van der Waals surface area (Å²) in [7, 11) is 0. The van der Waals surface area contributed by atoms with Gasteiger partial charge >= 0.3 is 0 Å². The minimum atomic E-state index is 0.872. The maximum Gasteiger partial charge on any atom is 0.0554 e. The summed E-state index contributed by atoms with van der Waals surface area (Å²) in [4.78, 5) is 2.41. The summed E-state index contributed by atoms with van der Waals surface area (Å²) in [6, 6.07) is 50.4. The van der Waals surface area contributed by atoms with Crippen molar-refractivity contribution in [1.82, 2.24) is 5.32 Å². The Morgan fingerprint density at radius 3 is 1.76 bits per heavy atom. The molecule has 200 valence electrons. The molecule has 1 N–H and O–H groups in total. The van der Waals surface area contributed by atoms with Gasteiger partial charge in [-0.1, -0.05) is 103 Å². The van der Waals surface area contributed by atoms with Crippen LogP contribution in [0.1, 0.15) is 11.1 Å². The minimum absolute atomic E-state index is 0.872. The Balaban J connectivity index is 1.32. The Labute approximate surface area is 249 Å². The van der Waals surface area contributed by atoms with Crippen molar-refractivity contribution in [3.8, 4) is 22.3 Å². The number of anilines is 3. The van der Waals surface area contributed by atoms with Crippen molar-refractivity contribution < 1.29 is 0 Å². The van der Waals surface area contributed by atoms with E-state index in [2.05, 4.69) is 162 Å². The predicted octanol–water partition coefficient (Wildman–Crippen LogP) is 10.9. The van der Waals surface area contributed by atoms with E-state index in [9.17, 15) is 0 Å². The zero-order chi connectivity index (χ0) is 27.9. The maximum absolute atomic E-state index is 3.36. The van der Waals surface area contributed by atoms with Gasteiger partial charge < -0.3 is 10.2 Å². The van der Waals surface area contributed by atoms with Gasteiger partial charge in [-0.2, -0.15) is 0 Å². The highest BCUT2D eigenvalue weighted by Gasteiger charge is 2.20. The van der Waals surface area contributed by atoms with E-state index in [-0.39, 0.29) is 0 Å². The second-order valence-electron chi connectivity index (χ2n) is 10.6. The largest absolute Gasteiger partial charge is 0.387 e. The van der Waals surface area contributed by atoms with Gasteiger partial charge in [-0.15, -0.1) is 11.3 Å². The van der Waals surface area contributed by atoms with Crippen molar-refractivity contribution in [2.45, 2.75) is 6.54 Å². The molecule has 0 unspecified atom stereocenters. The first-order valence-corrected chi connectivity index (χ1v) is 15.1. The standard InChI is InChI=1S/C39H28N2S/c1-3-8-27(9-4-1)29-14-19-32(20-15-29)41(33-21-16-30(17-22-33)28-10-5-2-6-11-28)36-12-7-13-37-38(36)35-23-18-31-26-40-25-24-34(31)39(35)42-37/h1-25,40H,26H2. The van der Waals surface area contributed by atoms with Gasteiger partial charge in [-0.05, 0) is 82.1 Å². The lowest BCUT2D eigenvalue weighted by atomic mass is 10.00. The Bertz CT molecular complexity index is 1970. The van der Waals surface area contributed by atoms with E-state index in [0.29, 0.717) is 0 Å². The van der Waals surface area contributed by atoms with Crippen LogP contribution in [0, 0.1) is 0 Å². The molecule has 42 heavy (non-hydrogen) atoms. The Morgan fingerprint density at radius 1 is 0.548 bits per heavy atom. The van der Waals surface area contributed by atoms with E-state index >= 15 is 0 Å². The van der Waals surface area contributed by atoms with E-state index in [1.54, 1.807) is 0 Å². The van der Waals surface area contributed by atoms with Gasteiger partial charge in [0.1, 0.15) is 0 Å². The van der Waals surface area contributed by atoms with E-state index in [0.717, 1.165) is 17.9 Å². The van der Waals surface area contributed by atoms with Gasteiger partial charge in [0, 0.05) is 38.1 Å². The fourth-order valence-corrected chi connectivity index (χ4v) is 7.33. The lowest BCUT2D eigenvalue weighted by Gasteiger charge is -2.27. The molecule has 0 aliphatic carbocycles. The average Bonchev–Trinajstić information content (AvgIpc) is 3.47. The SMILES string of the molecule is C1=Cc2c(ccc3c2sc2cccc(N(c4ccc(-c5ccccc5)cc4)c4ccc(-c5ccccc5)cc4)c23)CN1. The van der Waals surface area contributed by atoms with Crippen molar-refractivity contribution in [2.75, 3.05) is 4.90 Å². The molecule has 7 aromatic rings. The van der Waals surface area contributed by atoms with Gasteiger partial charge in [-0.25, -0.2) is 0 Å². The molecule has 8 rings (SSSR count). The molecule has 0 fully saturated rings. The van der Waals surface area contributed by atoms with Crippen molar-refractivity contribution in [3.63, 3.8) is 0 Å². The first-order valence-electron chi connectivity index (χ1n) is 14.3. The maximum atomic E-state index is 3.36. The fraction of sp³-hybridized carbons (Fsp3) is 0.0256. The molecule has 3 heteroatoms. The number of hydrogen-bond acceptors (Lipinski definition) is 3. The van der Waals surface area contributed by atoms with E-state index in [4.69, 9.17) is 0 Å². The molecule has 1 aliphatic heterocycles. The van der Waals surface area contributed by atoms with Crippen molar-refractivity contribution in [2.24, 2.45) is 0 Å². The molecule has 0 radical (unpaired) electrons. The molecular formula is C39H28N2S. The van der Waals surface area contributed by atoms with Crippen LogP contribution in [0.15, 0.2) is 146 Å². The summed E-state index contributed by atoms with van der Waals surface area (Å²) in [5.41, 5.74) is 11.0. The lowest BCUT2D eigenvalue weighted by Crippen LogP contribution is -2.10. The molecule has 0 saturated heterocycles. The number of nitrogens with zero attached hydrogens (tertiary/aromatic N) is 1. The van der Waals surface area contributed by atoms with Gasteiger partial charge in [0.05, 0.1) is 5.69 Å². The number of rotatable bonds is 5. The molecule has 0 spiro atoms. The smallest absolute Gasteiger partial charge is 0.0554 e. The highest BCUT2D eigenvalue weighted by atomic mass is 32.1. The second-order valence-corrected chi connectivity index (χ2v) is 11.7. The quantitative estimate of drug-likeness (QED) is 0.227. The van der Waals surface area contributed by atoms with E-state index < -0.39 is 0 Å². The molecule has 1 aromatic heterocycles. The normalized spacial score (nSPS) is 12.3. The van der Waals surface area contributed by atoms with Gasteiger partial charge in [-0.3, -0.25) is 0 Å². The monoisotopic (exact) mass is 556 g/mol. The second kappa shape index (κ2) is 10.4. The van der Waals surface area contributed by atoms with Crippen LogP contribution < -0.4 is 10.2 Å². The molecule has 0 atom stereocenters. The van der Waals surface area contributed by atoms with Crippen molar-refractivity contribution >= 4 is 54.6 Å². The first kappa shape index (κ1) is 24.7. The number of hydrogen-bond donors (Lipinski definition) is 1. The van der Waals surface area contributed by atoms with Crippen LogP contribution >= 0.6 is 11.3 Å². The number of nitrogens with one attached hydrogen (secondary N) is 1. The van der Waals surface area contributed by atoms with Crippen LogP contribution in [0.25, 0.3) is 48.5 Å². The van der Waals surface area contributed by atoms with E-state index in [1.165, 1.54) is 59.2 Å². The lowest BCUT2D eigenvalue weighted by molar-refractivity contribution is 0.861. The molecular weight excluding hydrogens is 529 g/mol. The highest BCUT2D eigenvalue weighted by Crippen LogP contribution is 2.46.